The Bertz CT molecular complexity index is 608. The second-order valence-corrected chi connectivity index (χ2v) is 4.76. The van der Waals surface area contributed by atoms with E-state index in [0.29, 0.717) is 22.5 Å². The first-order valence-electron chi connectivity index (χ1n) is 5.81. The highest BCUT2D eigenvalue weighted by atomic mass is 16.6. The summed E-state index contributed by atoms with van der Waals surface area (Å²) in [7, 11) is 0. The fourth-order valence-corrected chi connectivity index (χ4v) is 1.93. The number of aromatic nitrogens is 1. The monoisotopic (exact) mass is 245 g/mol. The SMILES string of the molecule is CC(C)Cc1cc(N)c2cc([N+](=O)[O-])ccc2n1. The highest BCUT2D eigenvalue weighted by Crippen LogP contribution is 2.25. The van der Waals surface area contributed by atoms with Crippen molar-refractivity contribution in [2.75, 3.05) is 5.73 Å². The molecule has 0 unspecified atom stereocenters. The lowest BCUT2D eigenvalue weighted by atomic mass is 10.1. The molecule has 0 radical (unpaired) electrons. The summed E-state index contributed by atoms with van der Waals surface area (Å²) in [6.07, 6.45) is 0.844. The number of fused-ring (bicyclic) bond motifs is 1. The molecule has 0 spiro atoms. The smallest absolute Gasteiger partial charge is 0.270 e. The minimum atomic E-state index is -0.430. The van der Waals surface area contributed by atoms with Crippen LogP contribution in [0.2, 0.25) is 0 Å². The number of anilines is 1. The van der Waals surface area contributed by atoms with Crippen LogP contribution in [-0.4, -0.2) is 9.91 Å². The third-order valence-electron chi connectivity index (χ3n) is 2.71. The maximum atomic E-state index is 10.7. The number of hydrogen-bond donors (Lipinski definition) is 1. The minimum Gasteiger partial charge on any atom is -0.398 e. The molecule has 0 aliphatic carbocycles. The number of nitrogens with two attached hydrogens (primary N) is 1. The predicted molar refractivity (Wildman–Crippen MR) is 71.4 cm³/mol. The molecule has 94 valence electrons. The predicted octanol–water partition coefficient (Wildman–Crippen LogP) is 2.92. The van der Waals surface area contributed by atoms with E-state index in [1.54, 1.807) is 12.1 Å². The summed E-state index contributed by atoms with van der Waals surface area (Å²) < 4.78 is 0. The normalized spacial score (nSPS) is 11.1. The average molecular weight is 245 g/mol. The van der Waals surface area contributed by atoms with Crippen molar-refractivity contribution < 1.29 is 4.92 Å². The van der Waals surface area contributed by atoms with Gasteiger partial charge in [0.25, 0.3) is 5.69 Å². The minimum absolute atomic E-state index is 0.0348. The Morgan fingerprint density at radius 1 is 1.39 bits per heavy atom. The summed E-state index contributed by atoms with van der Waals surface area (Å²) in [6.45, 7) is 4.22. The van der Waals surface area contributed by atoms with Crippen LogP contribution in [0.15, 0.2) is 24.3 Å². The van der Waals surface area contributed by atoms with E-state index in [2.05, 4.69) is 18.8 Å². The van der Waals surface area contributed by atoms with Gasteiger partial charge in [-0.25, -0.2) is 0 Å². The van der Waals surface area contributed by atoms with Crippen LogP contribution in [0, 0.1) is 16.0 Å². The topological polar surface area (TPSA) is 82.0 Å². The fraction of sp³-hybridized carbons (Fsp3) is 0.308. The van der Waals surface area contributed by atoms with Gasteiger partial charge in [-0.15, -0.1) is 0 Å². The summed E-state index contributed by atoms with van der Waals surface area (Å²) in [5.41, 5.74) is 8.14. The number of benzene rings is 1. The third kappa shape index (κ3) is 2.40. The van der Waals surface area contributed by atoms with E-state index < -0.39 is 4.92 Å². The lowest BCUT2D eigenvalue weighted by molar-refractivity contribution is -0.384. The van der Waals surface area contributed by atoms with Gasteiger partial charge in [-0.3, -0.25) is 15.1 Å². The Hall–Kier alpha value is -2.17. The Labute approximate surface area is 105 Å². The van der Waals surface area contributed by atoms with Crippen molar-refractivity contribution >= 4 is 22.3 Å². The van der Waals surface area contributed by atoms with Gasteiger partial charge in [0.05, 0.1) is 10.4 Å². The molecule has 5 heteroatoms. The largest absolute Gasteiger partial charge is 0.398 e. The second kappa shape index (κ2) is 4.60. The highest BCUT2D eigenvalue weighted by Gasteiger charge is 2.10. The van der Waals surface area contributed by atoms with Gasteiger partial charge < -0.3 is 5.73 Å². The summed E-state index contributed by atoms with van der Waals surface area (Å²) in [5.74, 6) is 0.493. The zero-order valence-electron chi connectivity index (χ0n) is 10.4. The summed E-state index contributed by atoms with van der Waals surface area (Å²) in [6, 6.07) is 6.37. The number of nitrogen functional groups attached to an aromatic ring is 1. The second-order valence-electron chi connectivity index (χ2n) is 4.76. The van der Waals surface area contributed by atoms with Crippen LogP contribution in [0.5, 0.6) is 0 Å². The molecule has 1 heterocycles. The van der Waals surface area contributed by atoms with Gasteiger partial charge in [-0.05, 0) is 24.5 Å². The zero-order chi connectivity index (χ0) is 13.3. The Morgan fingerprint density at radius 2 is 2.11 bits per heavy atom. The summed E-state index contributed by atoms with van der Waals surface area (Å²) >= 11 is 0. The average Bonchev–Trinajstić information content (AvgIpc) is 2.27. The molecule has 1 aromatic carbocycles. The van der Waals surface area contributed by atoms with E-state index in [4.69, 9.17) is 5.73 Å². The molecule has 0 amide bonds. The molecule has 0 fully saturated rings. The summed E-state index contributed by atoms with van der Waals surface area (Å²) in [4.78, 5) is 14.8. The number of non-ortho nitro benzene ring substituents is 1. The molecule has 2 N–H and O–H groups in total. The molecule has 0 atom stereocenters. The quantitative estimate of drug-likeness (QED) is 0.665. The fourth-order valence-electron chi connectivity index (χ4n) is 1.93. The first-order chi connectivity index (χ1) is 8.47. The zero-order valence-corrected chi connectivity index (χ0v) is 10.4. The molecule has 2 rings (SSSR count). The van der Waals surface area contributed by atoms with Crippen molar-refractivity contribution in [2.24, 2.45) is 5.92 Å². The molecule has 0 saturated heterocycles. The molecular weight excluding hydrogens is 230 g/mol. The number of pyridine rings is 1. The van der Waals surface area contributed by atoms with Gasteiger partial charge in [0.1, 0.15) is 0 Å². The van der Waals surface area contributed by atoms with Crippen LogP contribution >= 0.6 is 0 Å². The van der Waals surface area contributed by atoms with E-state index >= 15 is 0 Å². The van der Waals surface area contributed by atoms with Crippen molar-refractivity contribution in [2.45, 2.75) is 20.3 Å². The number of nitro benzene ring substituents is 1. The highest BCUT2D eigenvalue weighted by molar-refractivity contribution is 5.91. The Kier molecular flexibility index (Phi) is 3.14. The van der Waals surface area contributed by atoms with Crippen molar-refractivity contribution in [1.29, 1.82) is 0 Å². The summed E-state index contributed by atoms with van der Waals surface area (Å²) in [5, 5.41) is 11.3. The van der Waals surface area contributed by atoms with Gasteiger partial charge in [0.2, 0.25) is 0 Å². The lowest BCUT2D eigenvalue weighted by Crippen LogP contribution is -2.00. The van der Waals surface area contributed by atoms with E-state index in [1.807, 2.05) is 0 Å². The first-order valence-corrected chi connectivity index (χ1v) is 5.81. The van der Waals surface area contributed by atoms with E-state index in [1.165, 1.54) is 12.1 Å². The van der Waals surface area contributed by atoms with Crippen molar-refractivity contribution in [3.8, 4) is 0 Å². The molecule has 0 saturated carbocycles. The first kappa shape index (κ1) is 12.3. The maximum absolute atomic E-state index is 10.7. The molecule has 0 bridgehead atoms. The maximum Gasteiger partial charge on any atom is 0.270 e. The molecule has 1 aromatic heterocycles. The van der Waals surface area contributed by atoms with Crippen LogP contribution in [0.4, 0.5) is 11.4 Å². The van der Waals surface area contributed by atoms with Gasteiger partial charge in [-0.2, -0.15) is 0 Å². The van der Waals surface area contributed by atoms with Crippen LogP contribution in [0.3, 0.4) is 0 Å². The van der Waals surface area contributed by atoms with E-state index in [-0.39, 0.29) is 5.69 Å². The van der Waals surface area contributed by atoms with Gasteiger partial charge in [0.15, 0.2) is 0 Å². The van der Waals surface area contributed by atoms with E-state index in [9.17, 15) is 10.1 Å². The lowest BCUT2D eigenvalue weighted by Gasteiger charge is -2.08. The Morgan fingerprint density at radius 3 is 2.72 bits per heavy atom. The molecule has 0 aliphatic heterocycles. The molecule has 18 heavy (non-hydrogen) atoms. The van der Waals surface area contributed by atoms with Crippen LogP contribution < -0.4 is 5.73 Å². The van der Waals surface area contributed by atoms with Crippen LogP contribution in [0.1, 0.15) is 19.5 Å². The number of nitrogens with zero attached hydrogens (tertiary/aromatic N) is 2. The molecule has 0 aliphatic rings. The molecule has 2 aromatic rings. The third-order valence-corrected chi connectivity index (χ3v) is 2.71. The Balaban J connectivity index is 2.55. The van der Waals surface area contributed by atoms with Crippen molar-refractivity contribution in [3.05, 3.63) is 40.1 Å². The van der Waals surface area contributed by atoms with Crippen LogP contribution in [-0.2, 0) is 6.42 Å². The van der Waals surface area contributed by atoms with E-state index in [0.717, 1.165) is 12.1 Å². The van der Waals surface area contributed by atoms with Gasteiger partial charge in [-0.1, -0.05) is 13.8 Å². The number of rotatable bonds is 3. The molecular formula is C13H15N3O2. The number of hydrogen-bond acceptors (Lipinski definition) is 4. The standard InChI is InChI=1S/C13H15N3O2/c1-8(2)5-9-6-12(14)11-7-10(16(17)18)3-4-13(11)15-9/h3-4,6-8H,5H2,1-2H3,(H2,14,15). The van der Waals surface area contributed by atoms with Gasteiger partial charge >= 0.3 is 0 Å². The van der Waals surface area contributed by atoms with Crippen LogP contribution in [0.25, 0.3) is 10.9 Å². The van der Waals surface area contributed by atoms with Crippen molar-refractivity contribution in [3.63, 3.8) is 0 Å². The van der Waals surface area contributed by atoms with Gasteiger partial charge in [0, 0.05) is 28.9 Å². The molecule has 5 nitrogen and oxygen atoms in total. The number of nitro groups is 1. The van der Waals surface area contributed by atoms with Crippen molar-refractivity contribution in [1.82, 2.24) is 4.98 Å².